The number of imidazole rings is 1. The van der Waals surface area contributed by atoms with Crippen molar-refractivity contribution in [2.75, 3.05) is 6.61 Å². The van der Waals surface area contributed by atoms with Gasteiger partial charge in [-0.15, -0.1) is 11.3 Å². The summed E-state index contributed by atoms with van der Waals surface area (Å²) in [6, 6.07) is 13.9. The highest BCUT2D eigenvalue weighted by Gasteiger charge is 2.18. The molecule has 0 aliphatic carbocycles. The molecule has 0 N–H and O–H groups in total. The first-order valence-corrected chi connectivity index (χ1v) is 11.2. The number of rotatable bonds is 8. The number of aromatic nitrogens is 6. The van der Waals surface area contributed by atoms with Crippen molar-refractivity contribution >= 4 is 28.5 Å². The van der Waals surface area contributed by atoms with Gasteiger partial charge in [-0.05, 0) is 23.9 Å². The molecule has 10 heteroatoms. The first-order valence-electron chi connectivity index (χ1n) is 10.4. The molecule has 0 radical (unpaired) electrons. The topological polar surface area (TPSA) is 97.0 Å². The van der Waals surface area contributed by atoms with Crippen molar-refractivity contribution in [3.8, 4) is 11.8 Å². The predicted octanol–water partition coefficient (Wildman–Crippen LogP) is 3.88. The molecule has 0 atom stereocenters. The summed E-state index contributed by atoms with van der Waals surface area (Å²) in [4.78, 5) is 26.9. The Morgan fingerprint density at radius 2 is 2.00 bits per heavy atom. The van der Waals surface area contributed by atoms with Gasteiger partial charge in [0.2, 0.25) is 5.88 Å². The molecule has 33 heavy (non-hydrogen) atoms. The molecule has 5 rings (SSSR count). The molecule has 0 spiro atoms. The standard InChI is InChI=1S/C23H20N6O3S/c1-2-31-22(30)17-11-25-29(12-17)23-26-20-19(28(15-24-20)13-18-9-6-10-33-18)21(27-23)32-14-16-7-4-3-5-8-16/h3-12,15H,2,13-14H2,1H3. The van der Waals surface area contributed by atoms with Gasteiger partial charge in [0.1, 0.15) is 6.61 Å². The Labute approximate surface area is 193 Å². The molecule has 1 aromatic carbocycles. The van der Waals surface area contributed by atoms with Gasteiger partial charge in [-0.3, -0.25) is 0 Å². The Hall–Kier alpha value is -4.05. The Balaban J connectivity index is 1.53. The molecule has 0 amide bonds. The minimum Gasteiger partial charge on any atom is -0.471 e. The number of benzene rings is 1. The molecule has 0 unspecified atom stereocenters. The zero-order valence-corrected chi connectivity index (χ0v) is 18.6. The van der Waals surface area contributed by atoms with Gasteiger partial charge in [0.05, 0.1) is 31.2 Å². The van der Waals surface area contributed by atoms with Crippen molar-refractivity contribution in [1.29, 1.82) is 0 Å². The maximum atomic E-state index is 12.0. The van der Waals surface area contributed by atoms with E-state index in [0.29, 0.717) is 35.8 Å². The molecule has 0 saturated carbocycles. The Morgan fingerprint density at radius 1 is 1.12 bits per heavy atom. The van der Waals surface area contributed by atoms with E-state index in [1.165, 1.54) is 22.0 Å². The van der Waals surface area contributed by atoms with Crippen LogP contribution in [-0.4, -0.2) is 41.9 Å². The predicted molar refractivity (Wildman–Crippen MR) is 123 cm³/mol. The molecule has 0 fully saturated rings. The second kappa shape index (κ2) is 9.21. The number of hydrogen-bond acceptors (Lipinski definition) is 8. The summed E-state index contributed by atoms with van der Waals surface area (Å²) in [6.45, 7) is 3.00. The highest BCUT2D eigenvalue weighted by molar-refractivity contribution is 7.09. The van der Waals surface area contributed by atoms with Crippen LogP contribution in [0.2, 0.25) is 0 Å². The van der Waals surface area contributed by atoms with E-state index in [4.69, 9.17) is 9.47 Å². The Bertz CT molecular complexity index is 1380. The normalized spacial score (nSPS) is 11.1. The van der Waals surface area contributed by atoms with E-state index in [9.17, 15) is 4.79 Å². The maximum Gasteiger partial charge on any atom is 0.341 e. The molecular weight excluding hydrogens is 440 g/mol. The average Bonchev–Trinajstić information content (AvgIpc) is 3.60. The van der Waals surface area contributed by atoms with E-state index in [1.54, 1.807) is 24.6 Å². The van der Waals surface area contributed by atoms with Crippen LogP contribution < -0.4 is 4.74 Å². The van der Waals surface area contributed by atoms with Crippen LogP contribution in [0.15, 0.2) is 66.6 Å². The van der Waals surface area contributed by atoms with Gasteiger partial charge < -0.3 is 14.0 Å². The average molecular weight is 461 g/mol. The quantitative estimate of drug-likeness (QED) is 0.324. The third kappa shape index (κ3) is 4.46. The number of ether oxygens (including phenoxy) is 2. The third-order valence-electron chi connectivity index (χ3n) is 4.85. The zero-order chi connectivity index (χ0) is 22.6. The molecule has 0 bridgehead atoms. The number of carbonyl (C=O) groups excluding carboxylic acids is 1. The second-order valence-electron chi connectivity index (χ2n) is 7.12. The number of hydrogen-bond donors (Lipinski definition) is 0. The minimum absolute atomic E-state index is 0.252. The first-order chi connectivity index (χ1) is 16.2. The lowest BCUT2D eigenvalue weighted by Gasteiger charge is -2.10. The van der Waals surface area contributed by atoms with Crippen molar-refractivity contribution in [3.63, 3.8) is 0 Å². The van der Waals surface area contributed by atoms with E-state index in [2.05, 4.69) is 26.1 Å². The number of nitrogens with zero attached hydrogens (tertiary/aromatic N) is 6. The van der Waals surface area contributed by atoms with Gasteiger partial charge in [0.25, 0.3) is 5.95 Å². The summed E-state index contributed by atoms with van der Waals surface area (Å²) in [5, 5.41) is 6.26. The fraction of sp³-hybridized carbons (Fsp3) is 0.174. The number of thiophene rings is 1. The van der Waals surface area contributed by atoms with Crippen molar-refractivity contribution in [2.24, 2.45) is 0 Å². The van der Waals surface area contributed by atoms with Crippen molar-refractivity contribution in [1.82, 2.24) is 29.3 Å². The van der Waals surface area contributed by atoms with Gasteiger partial charge >= 0.3 is 5.97 Å². The molecule has 0 aliphatic heterocycles. The van der Waals surface area contributed by atoms with Crippen molar-refractivity contribution in [2.45, 2.75) is 20.1 Å². The van der Waals surface area contributed by atoms with E-state index >= 15 is 0 Å². The van der Waals surface area contributed by atoms with Crippen LogP contribution in [-0.2, 0) is 17.9 Å². The summed E-state index contributed by atoms with van der Waals surface area (Å²) in [5.74, 6) is 0.189. The van der Waals surface area contributed by atoms with E-state index in [-0.39, 0.29) is 12.6 Å². The van der Waals surface area contributed by atoms with Gasteiger partial charge in [-0.2, -0.15) is 15.1 Å². The Kier molecular flexibility index (Phi) is 5.81. The van der Waals surface area contributed by atoms with Crippen LogP contribution in [0, 0.1) is 0 Å². The van der Waals surface area contributed by atoms with Gasteiger partial charge in [0, 0.05) is 11.1 Å². The minimum atomic E-state index is -0.453. The fourth-order valence-electron chi connectivity index (χ4n) is 3.31. The van der Waals surface area contributed by atoms with Crippen LogP contribution in [0.1, 0.15) is 27.7 Å². The monoisotopic (exact) mass is 460 g/mol. The maximum absolute atomic E-state index is 12.0. The van der Waals surface area contributed by atoms with Crippen LogP contribution in [0.3, 0.4) is 0 Å². The SMILES string of the molecule is CCOC(=O)c1cnn(-c2nc(OCc3ccccc3)c3c(ncn3Cc3cccs3)n2)c1. The fourth-order valence-corrected chi connectivity index (χ4v) is 4.01. The van der Waals surface area contributed by atoms with Crippen molar-refractivity contribution in [3.05, 3.63) is 82.6 Å². The summed E-state index contributed by atoms with van der Waals surface area (Å²) < 4.78 is 14.6. The van der Waals surface area contributed by atoms with E-state index in [1.807, 2.05) is 46.3 Å². The summed E-state index contributed by atoms with van der Waals surface area (Å²) >= 11 is 1.67. The van der Waals surface area contributed by atoms with Gasteiger partial charge in [0.15, 0.2) is 11.2 Å². The summed E-state index contributed by atoms with van der Waals surface area (Å²) in [7, 11) is 0. The van der Waals surface area contributed by atoms with Crippen LogP contribution in [0.4, 0.5) is 0 Å². The molecular formula is C23H20N6O3S. The molecule has 4 aromatic heterocycles. The number of carbonyl (C=O) groups is 1. The third-order valence-corrected chi connectivity index (χ3v) is 5.71. The highest BCUT2D eigenvalue weighted by Crippen LogP contribution is 2.26. The van der Waals surface area contributed by atoms with E-state index in [0.717, 1.165) is 5.56 Å². The number of fused-ring (bicyclic) bond motifs is 1. The molecule has 166 valence electrons. The lowest BCUT2D eigenvalue weighted by atomic mass is 10.2. The molecule has 0 saturated heterocycles. The Morgan fingerprint density at radius 3 is 2.79 bits per heavy atom. The lowest BCUT2D eigenvalue weighted by Crippen LogP contribution is -2.08. The van der Waals surface area contributed by atoms with Crippen molar-refractivity contribution < 1.29 is 14.3 Å². The summed E-state index contributed by atoms with van der Waals surface area (Å²) in [5.41, 5.74) is 2.50. The van der Waals surface area contributed by atoms with Crippen LogP contribution >= 0.6 is 11.3 Å². The van der Waals surface area contributed by atoms with Gasteiger partial charge in [-0.1, -0.05) is 36.4 Å². The lowest BCUT2D eigenvalue weighted by molar-refractivity contribution is 0.0526. The summed E-state index contributed by atoms with van der Waals surface area (Å²) in [6.07, 6.45) is 4.68. The smallest absolute Gasteiger partial charge is 0.341 e. The molecule has 0 aliphatic rings. The molecule has 5 aromatic rings. The highest BCUT2D eigenvalue weighted by atomic mass is 32.1. The van der Waals surface area contributed by atoms with Gasteiger partial charge in [-0.25, -0.2) is 14.5 Å². The number of esters is 1. The largest absolute Gasteiger partial charge is 0.471 e. The molecule has 9 nitrogen and oxygen atoms in total. The molecule has 4 heterocycles. The van der Waals surface area contributed by atoms with E-state index < -0.39 is 5.97 Å². The first kappa shape index (κ1) is 20.8. The zero-order valence-electron chi connectivity index (χ0n) is 17.8. The second-order valence-corrected chi connectivity index (χ2v) is 8.15. The van der Waals surface area contributed by atoms with Crippen LogP contribution in [0.25, 0.3) is 17.1 Å². The van der Waals surface area contributed by atoms with Crippen LogP contribution in [0.5, 0.6) is 5.88 Å².